The van der Waals surface area contributed by atoms with Crippen LogP contribution in [0.25, 0.3) is 0 Å². The van der Waals surface area contributed by atoms with E-state index in [9.17, 15) is 45.6 Å². The molecule has 2 aliphatic heterocycles. The lowest BCUT2D eigenvalue weighted by atomic mass is 9.97. The molecule has 2 saturated heterocycles. The number of nitrogens with one attached hydrogen (secondary N) is 1. The van der Waals surface area contributed by atoms with Crippen LogP contribution in [0, 0.1) is 0 Å². The standard InChI is InChI=1S/C56H99NO13/c1-3-5-7-9-11-13-15-17-19-21-22-24-26-28-30-32-34-36-38-40-48(61)57-44(45(60)39-37-35-33-31-29-27-25-23-20-18-16-14-12-10-8-6-4-2)43-67-55-53(66)51(64)54(47(42-59)69-55)70-56-52(65)50(63)49(62)46(41-58)68-56/h11,13,17,19-20,23,29,31,37,39,44-47,49-56,58-60,62-66H,3-10,12,14-16,18,21-22,24-28,30,32-36,38,40-43H2,1-2H3,(H,57,61)/b13-11-,19-17-,23-20+,31-29+,39-37+. The number of aliphatic hydroxyl groups is 8. The summed E-state index contributed by atoms with van der Waals surface area (Å²) in [5.74, 6) is -0.260. The third-order valence-corrected chi connectivity index (χ3v) is 13.2. The summed E-state index contributed by atoms with van der Waals surface area (Å²) in [5.41, 5.74) is 0. The van der Waals surface area contributed by atoms with Crippen molar-refractivity contribution >= 4 is 5.91 Å². The third-order valence-electron chi connectivity index (χ3n) is 13.2. The summed E-state index contributed by atoms with van der Waals surface area (Å²) in [6.45, 7) is 2.72. The molecule has 9 N–H and O–H groups in total. The molecule has 0 spiro atoms. The van der Waals surface area contributed by atoms with E-state index in [1.165, 1.54) is 103 Å². The number of carbonyl (C=O) groups is 1. The van der Waals surface area contributed by atoms with Crippen molar-refractivity contribution in [2.24, 2.45) is 0 Å². The number of carbonyl (C=O) groups excluding carboxylic acids is 1. The second-order valence-electron chi connectivity index (χ2n) is 19.3. The van der Waals surface area contributed by atoms with Crippen molar-refractivity contribution in [2.75, 3.05) is 19.8 Å². The molecular weight excluding hydrogens is 895 g/mol. The fourth-order valence-electron chi connectivity index (χ4n) is 8.65. The lowest BCUT2D eigenvalue weighted by molar-refractivity contribution is -0.359. The van der Waals surface area contributed by atoms with Gasteiger partial charge in [0.1, 0.15) is 48.8 Å². The maximum atomic E-state index is 13.2. The molecule has 12 unspecified atom stereocenters. The minimum Gasteiger partial charge on any atom is -0.394 e. The summed E-state index contributed by atoms with van der Waals surface area (Å²) in [6, 6.07) is -0.941. The van der Waals surface area contributed by atoms with Crippen LogP contribution in [-0.4, -0.2) is 140 Å². The Morgan fingerprint density at radius 3 is 1.51 bits per heavy atom. The van der Waals surface area contributed by atoms with Crippen LogP contribution in [0.3, 0.4) is 0 Å². The van der Waals surface area contributed by atoms with Crippen LogP contribution in [0.2, 0.25) is 0 Å². The van der Waals surface area contributed by atoms with Gasteiger partial charge < -0.3 is 65.1 Å². The Hall–Kier alpha value is -2.31. The number of ether oxygens (including phenoxy) is 4. The molecule has 406 valence electrons. The van der Waals surface area contributed by atoms with E-state index in [-0.39, 0.29) is 18.9 Å². The summed E-state index contributed by atoms with van der Waals surface area (Å²) in [5, 5.41) is 86.9. The van der Waals surface area contributed by atoms with Crippen molar-refractivity contribution in [3.63, 3.8) is 0 Å². The zero-order chi connectivity index (χ0) is 51.0. The molecule has 0 radical (unpaired) electrons. The van der Waals surface area contributed by atoms with Crippen molar-refractivity contribution in [3.05, 3.63) is 60.8 Å². The first-order valence-electron chi connectivity index (χ1n) is 27.5. The molecular formula is C56H99NO13. The average Bonchev–Trinajstić information content (AvgIpc) is 3.36. The topological polar surface area (TPSA) is 228 Å². The Bertz CT molecular complexity index is 1410. The van der Waals surface area contributed by atoms with E-state index in [2.05, 4.69) is 67.8 Å². The molecule has 2 heterocycles. The molecule has 0 saturated carbocycles. The number of rotatable bonds is 42. The molecule has 0 bridgehead atoms. The highest BCUT2D eigenvalue weighted by atomic mass is 16.7. The van der Waals surface area contributed by atoms with E-state index in [1.54, 1.807) is 6.08 Å². The highest BCUT2D eigenvalue weighted by molar-refractivity contribution is 5.76. The van der Waals surface area contributed by atoms with Crippen LogP contribution in [-0.2, 0) is 23.7 Å². The molecule has 0 aromatic rings. The molecule has 0 aliphatic carbocycles. The zero-order valence-electron chi connectivity index (χ0n) is 43.2. The van der Waals surface area contributed by atoms with Gasteiger partial charge in [0.2, 0.25) is 5.91 Å². The number of allylic oxidation sites excluding steroid dienone is 9. The number of hydrogen-bond donors (Lipinski definition) is 9. The van der Waals surface area contributed by atoms with Crippen LogP contribution in [0.1, 0.15) is 194 Å². The van der Waals surface area contributed by atoms with E-state index in [4.69, 9.17) is 18.9 Å². The van der Waals surface area contributed by atoms with Crippen molar-refractivity contribution < 1.29 is 64.6 Å². The summed E-state index contributed by atoms with van der Waals surface area (Å²) < 4.78 is 22.7. The molecule has 0 aromatic heterocycles. The minimum absolute atomic E-state index is 0.260. The molecule has 14 heteroatoms. The van der Waals surface area contributed by atoms with E-state index in [0.29, 0.717) is 12.8 Å². The predicted octanol–water partition coefficient (Wildman–Crippen LogP) is 8.22. The first-order valence-corrected chi connectivity index (χ1v) is 27.5. The highest BCUT2D eigenvalue weighted by Crippen LogP contribution is 2.30. The van der Waals surface area contributed by atoms with E-state index in [0.717, 1.165) is 57.8 Å². The fourth-order valence-corrected chi connectivity index (χ4v) is 8.65. The smallest absolute Gasteiger partial charge is 0.220 e. The van der Waals surface area contributed by atoms with E-state index < -0.39 is 86.8 Å². The number of aliphatic hydroxyl groups excluding tert-OH is 8. The zero-order valence-corrected chi connectivity index (χ0v) is 43.2. The maximum Gasteiger partial charge on any atom is 0.220 e. The Morgan fingerprint density at radius 1 is 0.514 bits per heavy atom. The minimum atomic E-state index is -1.79. The summed E-state index contributed by atoms with van der Waals surface area (Å²) >= 11 is 0. The van der Waals surface area contributed by atoms with Crippen LogP contribution >= 0.6 is 0 Å². The molecule has 70 heavy (non-hydrogen) atoms. The summed E-state index contributed by atoms with van der Waals surface area (Å²) in [4.78, 5) is 13.2. The van der Waals surface area contributed by atoms with Crippen molar-refractivity contribution in [2.45, 2.75) is 267 Å². The van der Waals surface area contributed by atoms with Gasteiger partial charge in [0.15, 0.2) is 12.6 Å². The van der Waals surface area contributed by atoms with Crippen LogP contribution < -0.4 is 5.32 Å². The Morgan fingerprint density at radius 2 is 0.957 bits per heavy atom. The van der Waals surface area contributed by atoms with Crippen molar-refractivity contribution in [1.82, 2.24) is 5.32 Å². The number of amides is 1. The molecule has 2 aliphatic rings. The highest BCUT2D eigenvalue weighted by Gasteiger charge is 2.51. The van der Waals surface area contributed by atoms with Gasteiger partial charge in [-0.2, -0.15) is 0 Å². The molecule has 14 nitrogen and oxygen atoms in total. The van der Waals surface area contributed by atoms with Gasteiger partial charge in [0, 0.05) is 6.42 Å². The lowest BCUT2D eigenvalue weighted by Crippen LogP contribution is -2.65. The third kappa shape index (κ3) is 28.2. The first kappa shape index (κ1) is 63.8. The second-order valence-corrected chi connectivity index (χ2v) is 19.3. The number of hydrogen-bond acceptors (Lipinski definition) is 13. The van der Waals surface area contributed by atoms with Crippen LogP contribution in [0.15, 0.2) is 60.8 Å². The molecule has 2 rings (SSSR count). The molecule has 12 atom stereocenters. The SMILES string of the molecule is CCCCC/C=C\C/C=C\CCCCCCCCCCCC(=O)NC(COC1OC(CO)C(OC2OC(CO)C(O)C(O)C2O)C(O)C1O)C(O)/C=C/CC/C=C/CC/C=C/CCCCCCCCC. The van der Waals surface area contributed by atoms with Gasteiger partial charge >= 0.3 is 0 Å². The van der Waals surface area contributed by atoms with E-state index >= 15 is 0 Å². The van der Waals surface area contributed by atoms with Gasteiger partial charge in [0.25, 0.3) is 0 Å². The number of unbranched alkanes of at least 4 members (excludes halogenated alkanes) is 21. The Labute approximate surface area is 422 Å². The Balaban J connectivity index is 1.84. The summed E-state index contributed by atoms with van der Waals surface area (Å²) in [6.07, 6.45) is 35.4. The summed E-state index contributed by atoms with van der Waals surface area (Å²) in [7, 11) is 0. The lowest BCUT2D eigenvalue weighted by Gasteiger charge is -2.46. The van der Waals surface area contributed by atoms with Crippen molar-refractivity contribution in [1.29, 1.82) is 0 Å². The second kappa shape index (κ2) is 42.1. The monoisotopic (exact) mass is 994 g/mol. The van der Waals surface area contributed by atoms with Crippen LogP contribution in [0.4, 0.5) is 0 Å². The first-order chi connectivity index (χ1) is 34.1. The molecule has 1 amide bonds. The van der Waals surface area contributed by atoms with E-state index in [1.807, 2.05) is 6.08 Å². The average molecular weight is 994 g/mol. The largest absolute Gasteiger partial charge is 0.394 e. The molecule has 2 fully saturated rings. The Kier molecular flexibility index (Phi) is 38.4. The normalized spacial score (nSPS) is 26.4. The predicted molar refractivity (Wildman–Crippen MR) is 277 cm³/mol. The quantitative estimate of drug-likeness (QED) is 0.0208. The fraction of sp³-hybridized carbons (Fsp3) is 0.804. The van der Waals surface area contributed by atoms with Gasteiger partial charge in [0.05, 0.1) is 32.0 Å². The molecule has 0 aromatic carbocycles. The maximum absolute atomic E-state index is 13.2. The van der Waals surface area contributed by atoms with Crippen LogP contribution in [0.5, 0.6) is 0 Å². The van der Waals surface area contributed by atoms with Gasteiger partial charge in [-0.1, -0.05) is 171 Å². The van der Waals surface area contributed by atoms with Gasteiger partial charge in [-0.05, 0) is 77.0 Å². The van der Waals surface area contributed by atoms with Gasteiger partial charge in [-0.25, -0.2) is 0 Å². The van der Waals surface area contributed by atoms with Crippen molar-refractivity contribution in [3.8, 4) is 0 Å². The van der Waals surface area contributed by atoms with Gasteiger partial charge in [-0.15, -0.1) is 0 Å². The van der Waals surface area contributed by atoms with Gasteiger partial charge in [-0.3, -0.25) is 4.79 Å².